The number of hydrogen-bond donors (Lipinski definition) is 0. The van der Waals surface area contributed by atoms with E-state index in [0.29, 0.717) is 11.1 Å². The van der Waals surface area contributed by atoms with Crippen molar-refractivity contribution in [3.63, 3.8) is 0 Å². The number of fused-ring (bicyclic) bond motifs is 9. The Kier molecular flexibility index (Phi) is 6.61. The van der Waals surface area contributed by atoms with Gasteiger partial charge in [-0.05, 0) is 96.1 Å². The van der Waals surface area contributed by atoms with Crippen molar-refractivity contribution in [3.8, 4) is 40.3 Å². The van der Waals surface area contributed by atoms with Crippen LogP contribution in [0.15, 0.2) is 176 Å². The van der Waals surface area contributed by atoms with E-state index >= 15 is 0 Å². The maximum atomic E-state index is 10.7. The second kappa shape index (κ2) is 11.8. The minimum Gasteiger partial charge on any atom is -0.309 e. The number of rotatable bonds is 4. The smallest absolute Gasteiger partial charge is 0.101 e. The minimum atomic E-state index is 0.599. The van der Waals surface area contributed by atoms with E-state index < -0.39 is 0 Å². The lowest BCUT2D eigenvalue weighted by atomic mass is 10.0. The number of nitrogens with zero attached hydrogens (tertiary/aromatic N) is 5. The van der Waals surface area contributed by atoms with Crippen molar-refractivity contribution in [3.05, 3.63) is 187 Å². The number of hydrogen-bond acceptors (Lipinski definition) is 2. The van der Waals surface area contributed by atoms with Gasteiger partial charge in [0.25, 0.3) is 0 Å². The monoisotopic (exact) mass is 699 g/mol. The molecule has 5 nitrogen and oxygen atoms in total. The van der Waals surface area contributed by atoms with Crippen LogP contribution in [-0.2, 0) is 0 Å². The van der Waals surface area contributed by atoms with Gasteiger partial charge in [-0.1, -0.05) is 91.0 Å². The zero-order valence-electron chi connectivity index (χ0n) is 29.5. The molecular weight excluding hydrogens is 671 g/mol. The SMILES string of the molecule is N#Cc1ccc2c(c1)c1ccccc1n2-c1ccc2c(c1)c1ccccc1n2-c1ccc(-c2cccc(-n3c4ccccc4c4ccccc43)c2)cc1C#N. The van der Waals surface area contributed by atoms with Crippen LogP contribution in [0, 0.1) is 22.7 Å². The van der Waals surface area contributed by atoms with Crippen LogP contribution in [-0.4, -0.2) is 13.7 Å². The maximum absolute atomic E-state index is 10.7. The first-order chi connectivity index (χ1) is 27.2. The summed E-state index contributed by atoms with van der Waals surface area (Å²) in [4.78, 5) is 0. The van der Waals surface area contributed by atoms with Gasteiger partial charge >= 0.3 is 0 Å². The van der Waals surface area contributed by atoms with E-state index in [2.05, 4.69) is 171 Å². The molecule has 3 aromatic heterocycles. The van der Waals surface area contributed by atoms with Gasteiger partial charge in [0.2, 0.25) is 0 Å². The molecule has 11 rings (SSSR count). The fourth-order valence-electron chi connectivity index (χ4n) is 8.71. The maximum Gasteiger partial charge on any atom is 0.101 e. The molecule has 0 bridgehead atoms. The van der Waals surface area contributed by atoms with Gasteiger partial charge in [0.1, 0.15) is 6.07 Å². The molecule has 0 aliphatic rings. The highest BCUT2D eigenvalue weighted by Gasteiger charge is 2.19. The molecule has 0 atom stereocenters. The van der Waals surface area contributed by atoms with Crippen molar-refractivity contribution < 1.29 is 0 Å². The van der Waals surface area contributed by atoms with Crippen molar-refractivity contribution in [1.29, 1.82) is 10.5 Å². The summed E-state index contributed by atoms with van der Waals surface area (Å²) in [7, 11) is 0. The van der Waals surface area contributed by atoms with Crippen LogP contribution in [0.25, 0.3) is 93.6 Å². The third-order valence-corrected chi connectivity index (χ3v) is 11.1. The predicted octanol–water partition coefficient (Wildman–Crippen LogP) is 12.4. The van der Waals surface area contributed by atoms with Gasteiger partial charge in [-0.3, -0.25) is 0 Å². The second-order valence-corrected chi connectivity index (χ2v) is 14.0. The van der Waals surface area contributed by atoms with E-state index in [-0.39, 0.29) is 0 Å². The number of aromatic nitrogens is 3. The molecule has 0 N–H and O–H groups in total. The number of nitriles is 2. The van der Waals surface area contributed by atoms with Crippen LogP contribution in [0.3, 0.4) is 0 Å². The van der Waals surface area contributed by atoms with E-state index in [4.69, 9.17) is 0 Å². The van der Waals surface area contributed by atoms with Gasteiger partial charge < -0.3 is 13.7 Å². The molecule has 0 saturated carbocycles. The van der Waals surface area contributed by atoms with Crippen molar-refractivity contribution in [1.82, 2.24) is 13.7 Å². The first-order valence-corrected chi connectivity index (χ1v) is 18.3. The summed E-state index contributed by atoms with van der Waals surface area (Å²) in [5.41, 5.74) is 12.7. The lowest BCUT2D eigenvalue weighted by Gasteiger charge is -2.14. The first kappa shape index (κ1) is 30.7. The second-order valence-electron chi connectivity index (χ2n) is 14.0. The number of para-hydroxylation sites is 4. The van der Waals surface area contributed by atoms with Crippen LogP contribution in [0.1, 0.15) is 11.1 Å². The zero-order valence-corrected chi connectivity index (χ0v) is 29.5. The van der Waals surface area contributed by atoms with Gasteiger partial charge in [0.05, 0.1) is 56.0 Å². The van der Waals surface area contributed by atoms with Gasteiger partial charge in [-0.25, -0.2) is 0 Å². The molecule has 254 valence electrons. The topological polar surface area (TPSA) is 62.4 Å². The Morgan fingerprint density at radius 2 is 0.818 bits per heavy atom. The first-order valence-electron chi connectivity index (χ1n) is 18.3. The molecule has 3 heterocycles. The molecule has 0 radical (unpaired) electrons. The molecule has 0 saturated heterocycles. The van der Waals surface area contributed by atoms with Gasteiger partial charge in [-0.15, -0.1) is 0 Å². The highest BCUT2D eigenvalue weighted by Crippen LogP contribution is 2.39. The zero-order chi connectivity index (χ0) is 36.6. The van der Waals surface area contributed by atoms with Crippen molar-refractivity contribution in [2.45, 2.75) is 0 Å². The van der Waals surface area contributed by atoms with E-state index in [1.54, 1.807) is 0 Å². The molecule has 0 amide bonds. The molecule has 0 aliphatic heterocycles. The Morgan fingerprint density at radius 1 is 0.327 bits per heavy atom. The van der Waals surface area contributed by atoms with E-state index in [0.717, 1.165) is 82.8 Å². The van der Waals surface area contributed by atoms with E-state index in [9.17, 15) is 10.5 Å². The lowest BCUT2D eigenvalue weighted by molar-refractivity contribution is 1.16. The van der Waals surface area contributed by atoms with Gasteiger partial charge in [-0.2, -0.15) is 10.5 Å². The summed E-state index contributed by atoms with van der Waals surface area (Å²) < 4.78 is 6.82. The standard InChI is InChI=1S/C50H29N5/c51-30-32-20-23-49-42(26-32)40-14-3-7-18-47(40)54(49)37-22-25-50-43(29-37)41-15-4-8-19-48(41)55(50)44-24-21-34(27-35(44)31-52)33-10-9-11-36(28-33)53-45-16-5-1-12-38(45)39-13-2-6-17-46(39)53/h1-29H. The quantitative estimate of drug-likeness (QED) is 0.184. The highest BCUT2D eigenvalue weighted by molar-refractivity contribution is 6.13. The fourth-order valence-corrected chi connectivity index (χ4v) is 8.71. The molecule has 5 heteroatoms. The van der Waals surface area contributed by atoms with Crippen LogP contribution in [0.5, 0.6) is 0 Å². The molecule has 55 heavy (non-hydrogen) atoms. The normalized spacial score (nSPS) is 11.6. The third kappa shape index (κ3) is 4.51. The molecule has 0 spiro atoms. The Balaban J connectivity index is 1.06. The summed E-state index contributed by atoms with van der Waals surface area (Å²) >= 11 is 0. The molecule has 0 unspecified atom stereocenters. The average molecular weight is 700 g/mol. The predicted molar refractivity (Wildman–Crippen MR) is 224 cm³/mol. The molecule has 0 fully saturated rings. The van der Waals surface area contributed by atoms with Crippen molar-refractivity contribution in [2.24, 2.45) is 0 Å². The Labute approximate surface area is 316 Å². The Morgan fingerprint density at radius 3 is 1.44 bits per heavy atom. The minimum absolute atomic E-state index is 0.599. The van der Waals surface area contributed by atoms with Crippen molar-refractivity contribution >= 4 is 65.4 Å². The van der Waals surface area contributed by atoms with Gasteiger partial charge in [0, 0.05) is 43.7 Å². The molecule has 8 aromatic carbocycles. The summed E-state index contributed by atoms with van der Waals surface area (Å²) in [6.07, 6.45) is 0. The van der Waals surface area contributed by atoms with Crippen LogP contribution in [0.4, 0.5) is 0 Å². The number of benzene rings is 8. The van der Waals surface area contributed by atoms with Crippen LogP contribution in [0.2, 0.25) is 0 Å². The summed E-state index contributed by atoms with van der Waals surface area (Å²) in [6, 6.07) is 66.0. The Bertz CT molecular complexity index is 3420. The van der Waals surface area contributed by atoms with Gasteiger partial charge in [0.15, 0.2) is 0 Å². The van der Waals surface area contributed by atoms with E-state index in [1.807, 2.05) is 30.3 Å². The molecule has 0 aliphatic carbocycles. The molecular formula is C50H29N5. The summed E-state index contributed by atoms with van der Waals surface area (Å²) in [5, 5.41) is 27.2. The van der Waals surface area contributed by atoms with E-state index in [1.165, 1.54) is 10.8 Å². The average Bonchev–Trinajstić information content (AvgIpc) is 3.88. The largest absolute Gasteiger partial charge is 0.309 e. The summed E-state index contributed by atoms with van der Waals surface area (Å²) in [6.45, 7) is 0. The lowest BCUT2D eigenvalue weighted by Crippen LogP contribution is -1.99. The van der Waals surface area contributed by atoms with Crippen LogP contribution < -0.4 is 0 Å². The highest BCUT2D eigenvalue weighted by atomic mass is 15.0. The van der Waals surface area contributed by atoms with Crippen LogP contribution >= 0.6 is 0 Å². The van der Waals surface area contributed by atoms with Crippen molar-refractivity contribution in [2.75, 3.05) is 0 Å². The third-order valence-electron chi connectivity index (χ3n) is 11.1. The fraction of sp³-hybridized carbons (Fsp3) is 0. The summed E-state index contributed by atoms with van der Waals surface area (Å²) in [5.74, 6) is 0. The Hall–Kier alpha value is -7.86. The molecule has 11 aromatic rings.